The Balaban J connectivity index is 1.70. The number of hydrogen-bond acceptors (Lipinski definition) is 4. The van der Waals surface area contributed by atoms with Gasteiger partial charge in [0, 0.05) is 6.54 Å². The normalized spacial score (nSPS) is 17.9. The molecule has 108 valence electrons. The van der Waals surface area contributed by atoms with Crippen LogP contribution < -0.4 is 0 Å². The lowest BCUT2D eigenvalue weighted by atomic mass is 10.1. The van der Waals surface area contributed by atoms with Crippen LogP contribution in [0.1, 0.15) is 43.6 Å². The summed E-state index contributed by atoms with van der Waals surface area (Å²) in [5.41, 5.74) is 1.11. The van der Waals surface area contributed by atoms with Gasteiger partial charge in [-0.15, -0.1) is 11.3 Å². The highest BCUT2D eigenvalue weighted by Crippen LogP contribution is 2.26. The average Bonchev–Trinajstić information content (AvgIpc) is 3.02. The van der Waals surface area contributed by atoms with Crippen molar-refractivity contribution in [1.29, 1.82) is 0 Å². The number of rotatable bonds is 3. The Kier molecular flexibility index (Phi) is 4.53. The van der Waals surface area contributed by atoms with Crippen LogP contribution in [0.5, 0.6) is 0 Å². The third-order valence-electron chi connectivity index (χ3n) is 3.95. The van der Waals surface area contributed by atoms with Crippen molar-refractivity contribution in [3.63, 3.8) is 0 Å². The Labute approximate surface area is 124 Å². The van der Waals surface area contributed by atoms with Crippen molar-refractivity contribution in [3.05, 3.63) is 29.0 Å². The van der Waals surface area contributed by atoms with Crippen molar-refractivity contribution in [1.82, 2.24) is 9.88 Å². The van der Waals surface area contributed by atoms with Crippen molar-refractivity contribution in [2.75, 3.05) is 13.1 Å². The van der Waals surface area contributed by atoms with Gasteiger partial charge in [0.1, 0.15) is 5.76 Å². The number of aryl methyl sites for hydroxylation is 1. The molecule has 0 bridgehead atoms. The molecule has 4 heteroatoms. The van der Waals surface area contributed by atoms with Crippen LogP contribution in [0.4, 0.5) is 0 Å². The van der Waals surface area contributed by atoms with Crippen molar-refractivity contribution in [2.24, 2.45) is 0 Å². The molecule has 0 unspecified atom stereocenters. The molecule has 0 amide bonds. The van der Waals surface area contributed by atoms with Crippen LogP contribution in [-0.2, 0) is 6.54 Å². The van der Waals surface area contributed by atoms with E-state index in [4.69, 9.17) is 9.40 Å². The van der Waals surface area contributed by atoms with Gasteiger partial charge < -0.3 is 4.42 Å². The maximum absolute atomic E-state index is 5.83. The lowest BCUT2D eigenvalue weighted by Crippen LogP contribution is -2.27. The summed E-state index contributed by atoms with van der Waals surface area (Å²) in [5.74, 6) is 1.75. The SMILES string of the molecule is Cc1oc(-c2cccs2)nc1CN1CCCCCCC1. The molecule has 0 atom stereocenters. The molecule has 2 aromatic heterocycles. The van der Waals surface area contributed by atoms with Gasteiger partial charge in [-0.1, -0.05) is 25.3 Å². The van der Waals surface area contributed by atoms with Gasteiger partial charge in [0.25, 0.3) is 0 Å². The summed E-state index contributed by atoms with van der Waals surface area (Å²) < 4.78 is 5.83. The van der Waals surface area contributed by atoms with Gasteiger partial charge in [-0.05, 0) is 44.3 Å². The lowest BCUT2D eigenvalue weighted by molar-refractivity contribution is 0.236. The highest BCUT2D eigenvalue weighted by atomic mass is 32.1. The number of hydrogen-bond donors (Lipinski definition) is 0. The van der Waals surface area contributed by atoms with Crippen LogP contribution in [0, 0.1) is 6.92 Å². The summed E-state index contributed by atoms with van der Waals surface area (Å²) in [6.45, 7) is 5.35. The molecular weight excluding hydrogens is 268 g/mol. The van der Waals surface area contributed by atoms with Crippen molar-refractivity contribution in [3.8, 4) is 10.8 Å². The maximum Gasteiger partial charge on any atom is 0.236 e. The second kappa shape index (κ2) is 6.55. The molecule has 20 heavy (non-hydrogen) atoms. The zero-order chi connectivity index (χ0) is 13.8. The van der Waals surface area contributed by atoms with Crippen LogP contribution in [0.3, 0.4) is 0 Å². The minimum atomic E-state index is 0.777. The zero-order valence-corrected chi connectivity index (χ0v) is 12.9. The number of likely N-dealkylation sites (tertiary alicyclic amines) is 1. The summed E-state index contributed by atoms with van der Waals surface area (Å²) in [6, 6.07) is 4.10. The molecule has 0 N–H and O–H groups in total. The van der Waals surface area contributed by atoms with Gasteiger partial charge in [-0.2, -0.15) is 0 Å². The molecule has 0 saturated carbocycles. The standard InChI is InChI=1S/C16H22N2OS/c1-13-14(12-18-9-5-3-2-4-6-10-18)17-16(19-13)15-8-7-11-20-15/h7-8,11H,2-6,9-10,12H2,1H3. The van der Waals surface area contributed by atoms with Crippen LogP contribution >= 0.6 is 11.3 Å². The first-order valence-corrected chi connectivity index (χ1v) is 8.43. The maximum atomic E-state index is 5.83. The van der Waals surface area contributed by atoms with E-state index in [1.165, 1.54) is 45.2 Å². The van der Waals surface area contributed by atoms with E-state index >= 15 is 0 Å². The second-order valence-electron chi connectivity index (χ2n) is 5.54. The zero-order valence-electron chi connectivity index (χ0n) is 12.1. The molecule has 0 spiro atoms. The smallest absolute Gasteiger partial charge is 0.236 e. The molecule has 1 aliphatic rings. The lowest BCUT2D eigenvalue weighted by Gasteiger charge is -2.23. The summed E-state index contributed by atoms with van der Waals surface area (Å²) in [4.78, 5) is 8.35. The minimum Gasteiger partial charge on any atom is -0.440 e. The quantitative estimate of drug-likeness (QED) is 0.834. The predicted octanol–water partition coefficient (Wildman–Crippen LogP) is 4.48. The number of aromatic nitrogens is 1. The van der Waals surface area contributed by atoms with Gasteiger partial charge in [0.05, 0.1) is 10.6 Å². The van der Waals surface area contributed by atoms with E-state index in [1.807, 2.05) is 13.0 Å². The first kappa shape index (κ1) is 13.8. The Bertz CT molecular complexity index is 525. The van der Waals surface area contributed by atoms with Gasteiger partial charge in [-0.3, -0.25) is 4.90 Å². The first-order valence-electron chi connectivity index (χ1n) is 7.55. The molecule has 0 radical (unpaired) electrons. The fraction of sp³-hybridized carbons (Fsp3) is 0.562. The fourth-order valence-corrected chi connectivity index (χ4v) is 3.41. The van der Waals surface area contributed by atoms with Crippen molar-refractivity contribution < 1.29 is 4.42 Å². The highest BCUT2D eigenvalue weighted by molar-refractivity contribution is 7.13. The van der Waals surface area contributed by atoms with Crippen LogP contribution in [0.15, 0.2) is 21.9 Å². The van der Waals surface area contributed by atoms with E-state index in [1.54, 1.807) is 11.3 Å². The van der Waals surface area contributed by atoms with E-state index in [2.05, 4.69) is 16.3 Å². The molecule has 1 fully saturated rings. The second-order valence-corrected chi connectivity index (χ2v) is 6.49. The minimum absolute atomic E-state index is 0.777. The van der Waals surface area contributed by atoms with E-state index in [9.17, 15) is 0 Å². The summed E-state index contributed by atoms with van der Waals surface area (Å²) >= 11 is 1.68. The molecule has 1 aliphatic heterocycles. The Morgan fingerprint density at radius 3 is 2.65 bits per heavy atom. The summed E-state index contributed by atoms with van der Waals surface area (Å²) in [7, 11) is 0. The monoisotopic (exact) mass is 290 g/mol. The molecule has 1 saturated heterocycles. The van der Waals surface area contributed by atoms with E-state index in [0.717, 1.165) is 28.8 Å². The number of oxazole rings is 1. The molecule has 3 nitrogen and oxygen atoms in total. The van der Waals surface area contributed by atoms with Gasteiger partial charge in [0.2, 0.25) is 5.89 Å². The molecule has 3 heterocycles. The Hall–Kier alpha value is -1.13. The molecule has 2 aromatic rings. The predicted molar refractivity (Wildman–Crippen MR) is 82.9 cm³/mol. The molecule has 3 rings (SSSR count). The van der Waals surface area contributed by atoms with E-state index < -0.39 is 0 Å². The molecule has 0 aliphatic carbocycles. The van der Waals surface area contributed by atoms with Crippen LogP contribution in [0.25, 0.3) is 10.8 Å². The van der Waals surface area contributed by atoms with Crippen molar-refractivity contribution in [2.45, 2.75) is 45.6 Å². The first-order chi connectivity index (χ1) is 9.83. The third-order valence-corrected chi connectivity index (χ3v) is 4.80. The van der Waals surface area contributed by atoms with Crippen LogP contribution in [0.2, 0.25) is 0 Å². The fourth-order valence-electron chi connectivity index (χ4n) is 2.76. The number of thiophene rings is 1. The molecular formula is C16H22N2OS. The van der Waals surface area contributed by atoms with Gasteiger partial charge >= 0.3 is 0 Å². The topological polar surface area (TPSA) is 29.3 Å². The van der Waals surface area contributed by atoms with Gasteiger partial charge in [0.15, 0.2) is 0 Å². The van der Waals surface area contributed by atoms with Crippen molar-refractivity contribution >= 4 is 11.3 Å². The molecule has 0 aromatic carbocycles. The van der Waals surface area contributed by atoms with Crippen LogP contribution in [-0.4, -0.2) is 23.0 Å². The summed E-state index contributed by atoms with van der Waals surface area (Å²) in [6.07, 6.45) is 6.77. The summed E-state index contributed by atoms with van der Waals surface area (Å²) in [5, 5.41) is 2.06. The Morgan fingerprint density at radius 2 is 1.95 bits per heavy atom. The highest BCUT2D eigenvalue weighted by Gasteiger charge is 2.16. The van der Waals surface area contributed by atoms with Gasteiger partial charge in [-0.25, -0.2) is 4.98 Å². The number of nitrogens with zero attached hydrogens (tertiary/aromatic N) is 2. The Morgan fingerprint density at radius 1 is 1.20 bits per heavy atom. The average molecular weight is 290 g/mol. The van der Waals surface area contributed by atoms with E-state index in [-0.39, 0.29) is 0 Å². The van der Waals surface area contributed by atoms with E-state index in [0.29, 0.717) is 0 Å². The largest absolute Gasteiger partial charge is 0.440 e. The third kappa shape index (κ3) is 3.30.